The van der Waals surface area contributed by atoms with Crippen LogP contribution in [0.3, 0.4) is 0 Å². The molecule has 1 amide bonds. The fourth-order valence-corrected chi connectivity index (χ4v) is 3.05. The van der Waals surface area contributed by atoms with Crippen molar-refractivity contribution in [2.45, 2.75) is 13.5 Å². The number of rotatable bonds is 6. The standard InChI is InChI=1S/C19H14FN5O3S/c1-11-23-16(10-29-11)17-7-15(25-28-17)19(26)24-13-2-3-14(20)12(6-13)9-27-18-8-21-4-5-22-18/h2-8,10H,9H2,1H3,(H,24,26). The van der Waals surface area contributed by atoms with E-state index < -0.39 is 11.7 Å². The van der Waals surface area contributed by atoms with Gasteiger partial charge >= 0.3 is 0 Å². The smallest absolute Gasteiger partial charge is 0.277 e. The van der Waals surface area contributed by atoms with E-state index in [1.807, 2.05) is 12.3 Å². The molecule has 3 aromatic heterocycles. The molecule has 0 spiro atoms. The maximum atomic E-state index is 14.1. The number of carbonyl (C=O) groups excluding carboxylic acids is 1. The lowest BCUT2D eigenvalue weighted by Crippen LogP contribution is -2.13. The van der Waals surface area contributed by atoms with Crippen LogP contribution in [0.25, 0.3) is 11.5 Å². The van der Waals surface area contributed by atoms with Crippen molar-refractivity contribution in [3.05, 3.63) is 70.3 Å². The van der Waals surface area contributed by atoms with Gasteiger partial charge < -0.3 is 14.6 Å². The van der Waals surface area contributed by atoms with Gasteiger partial charge in [-0.25, -0.2) is 14.4 Å². The van der Waals surface area contributed by atoms with Crippen LogP contribution in [0.15, 0.2) is 52.8 Å². The molecule has 3 heterocycles. The summed E-state index contributed by atoms with van der Waals surface area (Å²) in [5.74, 6) is -0.278. The zero-order chi connectivity index (χ0) is 20.2. The lowest BCUT2D eigenvalue weighted by atomic mass is 10.2. The monoisotopic (exact) mass is 411 g/mol. The van der Waals surface area contributed by atoms with Gasteiger partial charge in [0.2, 0.25) is 5.88 Å². The number of carbonyl (C=O) groups is 1. The van der Waals surface area contributed by atoms with Gasteiger partial charge in [0.15, 0.2) is 11.5 Å². The average molecular weight is 411 g/mol. The third kappa shape index (κ3) is 4.43. The number of amides is 1. The Morgan fingerprint density at radius 3 is 2.97 bits per heavy atom. The van der Waals surface area contributed by atoms with Gasteiger partial charge in [0.05, 0.1) is 11.2 Å². The van der Waals surface area contributed by atoms with Gasteiger partial charge in [-0.1, -0.05) is 5.16 Å². The third-order valence-corrected chi connectivity index (χ3v) is 4.61. The van der Waals surface area contributed by atoms with E-state index in [1.165, 1.54) is 54.2 Å². The minimum atomic E-state index is -0.487. The van der Waals surface area contributed by atoms with Crippen molar-refractivity contribution in [2.24, 2.45) is 0 Å². The summed E-state index contributed by atoms with van der Waals surface area (Å²) in [5, 5.41) is 9.14. The van der Waals surface area contributed by atoms with Gasteiger partial charge in [-0.15, -0.1) is 11.3 Å². The Labute approximate surface area is 168 Å². The number of benzene rings is 1. The summed E-state index contributed by atoms with van der Waals surface area (Å²) in [6, 6.07) is 5.68. The highest BCUT2D eigenvalue weighted by Crippen LogP contribution is 2.23. The van der Waals surface area contributed by atoms with Crippen molar-refractivity contribution in [1.29, 1.82) is 0 Å². The number of thiazole rings is 1. The summed E-state index contributed by atoms with van der Waals surface area (Å²) in [7, 11) is 0. The molecule has 0 saturated carbocycles. The van der Waals surface area contributed by atoms with E-state index in [-0.39, 0.29) is 23.7 Å². The fraction of sp³-hybridized carbons (Fsp3) is 0.105. The molecular weight excluding hydrogens is 397 g/mol. The van der Waals surface area contributed by atoms with E-state index >= 15 is 0 Å². The predicted octanol–water partition coefficient (Wildman–Crippen LogP) is 3.87. The lowest BCUT2D eigenvalue weighted by Gasteiger charge is -2.09. The molecular formula is C19H14FN5O3S. The Balaban J connectivity index is 1.45. The van der Waals surface area contributed by atoms with Gasteiger partial charge in [0.25, 0.3) is 5.91 Å². The number of nitrogens with one attached hydrogen (secondary N) is 1. The van der Waals surface area contributed by atoms with Crippen LogP contribution in [0.5, 0.6) is 5.88 Å². The molecule has 0 unspecified atom stereocenters. The number of hydrogen-bond donors (Lipinski definition) is 1. The van der Waals surface area contributed by atoms with E-state index in [0.717, 1.165) is 5.01 Å². The molecule has 0 atom stereocenters. The fourth-order valence-electron chi connectivity index (χ4n) is 2.45. The molecule has 146 valence electrons. The second-order valence-corrected chi connectivity index (χ2v) is 6.98. The Bertz CT molecular complexity index is 1150. The maximum Gasteiger partial charge on any atom is 0.277 e. The number of aromatic nitrogens is 4. The first kappa shape index (κ1) is 18.7. The SMILES string of the molecule is Cc1nc(-c2cc(C(=O)Nc3ccc(F)c(COc4cnccn4)c3)no2)cs1. The van der Waals surface area contributed by atoms with Crippen LogP contribution in [-0.4, -0.2) is 26.0 Å². The number of halogens is 1. The summed E-state index contributed by atoms with van der Waals surface area (Å²) >= 11 is 1.47. The predicted molar refractivity (Wildman–Crippen MR) is 103 cm³/mol. The van der Waals surface area contributed by atoms with Gasteiger partial charge in [-0.3, -0.25) is 9.78 Å². The Morgan fingerprint density at radius 1 is 1.31 bits per heavy atom. The molecule has 0 radical (unpaired) electrons. The Kier molecular flexibility index (Phi) is 5.25. The number of aryl methyl sites for hydroxylation is 1. The largest absolute Gasteiger partial charge is 0.472 e. The first-order chi connectivity index (χ1) is 14.1. The van der Waals surface area contributed by atoms with Crippen LogP contribution in [0.2, 0.25) is 0 Å². The van der Waals surface area contributed by atoms with Crippen LogP contribution >= 0.6 is 11.3 Å². The summed E-state index contributed by atoms with van der Waals surface area (Å²) in [6.45, 7) is 1.81. The Hall–Kier alpha value is -3.66. The number of nitrogens with zero attached hydrogens (tertiary/aromatic N) is 4. The molecule has 4 aromatic rings. The quantitative estimate of drug-likeness (QED) is 0.514. The molecule has 0 bridgehead atoms. The molecule has 4 rings (SSSR count). The van der Waals surface area contributed by atoms with Crippen LogP contribution in [0.4, 0.5) is 10.1 Å². The summed E-state index contributed by atoms with van der Waals surface area (Å²) in [5.41, 5.74) is 1.35. The molecule has 0 aliphatic rings. The van der Waals surface area contributed by atoms with Crippen LogP contribution < -0.4 is 10.1 Å². The van der Waals surface area contributed by atoms with Crippen LogP contribution in [-0.2, 0) is 6.61 Å². The highest BCUT2D eigenvalue weighted by atomic mass is 32.1. The number of anilines is 1. The second-order valence-electron chi connectivity index (χ2n) is 5.92. The zero-order valence-corrected chi connectivity index (χ0v) is 15.9. The highest BCUT2D eigenvalue weighted by molar-refractivity contribution is 7.09. The molecule has 0 aliphatic heterocycles. The molecule has 0 aliphatic carbocycles. The van der Waals surface area contributed by atoms with Crippen molar-refractivity contribution in [2.75, 3.05) is 5.32 Å². The van der Waals surface area contributed by atoms with Crippen molar-refractivity contribution < 1.29 is 18.4 Å². The van der Waals surface area contributed by atoms with E-state index in [9.17, 15) is 9.18 Å². The van der Waals surface area contributed by atoms with Crippen molar-refractivity contribution in [3.8, 4) is 17.3 Å². The minimum Gasteiger partial charge on any atom is -0.472 e. The van der Waals surface area contributed by atoms with E-state index in [2.05, 4.69) is 25.4 Å². The normalized spacial score (nSPS) is 10.7. The summed E-state index contributed by atoms with van der Waals surface area (Å²) in [4.78, 5) is 24.6. The number of ether oxygens (including phenoxy) is 1. The maximum absolute atomic E-state index is 14.1. The topological polar surface area (TPSA) is 103 Å². The molecule has 0 fully saturated rings. The lowest BCUT2D eigenvalue weighted by molar-refractivity contribution is 0.101. The zero-order valence-electron chi connectivity index (χ0n) is 15.1. The van der Waals surface area contributed by atoms with Gasteiger partial charge in [-0.05, 0) is 25.1 Å². The molecule has 10 heteroatoms. The molecule has 1 N–H and O–H groups in total. The molecule has 0 saturated heterocycles. The van der Waals surface area contributed by atoms with Crippen molar-refractivity contribution in [3.63, 3.8) is 0 Å². The first-order valence-electron chi connectivity index (χ1n) is 8.46. The van der Waals surface area contributed by atoms with Crippen molar-refractivity contribution in [1.82, 2.24) is 20.1 Å². The van der Waals surface area contributed by atoms with Gasteiger partial charge in [-0.2, -0.15) is 0 Å². The van der Waals surface area contributed by atoms with E-state index in [0.29, 0.717) is 17.1 Å². The summed E-state index contributed by atoms with van der Waals surface area (Å²) in [6.07, 6.45) is 4.41. The van der Waals surface area contributed by atoms with Crippen LogP contribution in [0, 0.1) is 12.7 Å². The minimum absolute atomic E-state index is 0.0640. The van der Waals surface area contributed by atoms with Crippen molar-refractivity contribution >= 4 is 22.9 Å². The number of hydrogen-bond acceptors (Lipinski definition) is 8. The van der Waals surface area contributed by atoms with Gasteiger partial charge in [0.1, 0.15) is 18.1 Å². The van der Waals surface area contributed by atoms with E-state index in [4.69, 9.17) is 9.26 Å². The average Bonchev–Trinajstić information content (AvgIpc) is 3.38. The molecule has 1 aromatic carbocycles. The third-order valence-electron chi connectivity index (χ3n) is 3.83. The van der Waals surface area contributed by atoms with Crippen LogP contribution in [0.1, 0.15) is 21.1 Å². The van der Waals surface area contributed by atoms with Gasteiger partial charge in [0, 0.05) is 35.1 Å². The Morgan fingerprint density at radius 2 is 2.21 bits per heavy atom. The highest BCUT2D eigenvalue weighted by Gasteiger charge is 2.16. The molecule has 8 nitrogen and oxygen atoms in total. The summed E-state index contributed by atoms with van der Waals surface area (Å²) < 4.78 is 24.7. The first-order valence-corrected chi connectivity index (χ1v) is 9.34. The molecule has 29 heavy (non-hydrogen) atoms. The van der Waals surface area contributed by atoms with E-state index in [1.54, 1.807) is 0 Å². The second kappa shape index (κ2) is 8.15.